The van der Waals surface area contributed by atoms with E-state index in [9.17, 15) is 13.2 Å². The average Bonchev–Trinajstić information content (AvgIpc) is 2.79. The lowest BCUT2D eigenvalue weighted by Gasteiger charge is -2.06. The molecule has 2 aromatic rings. The van der Waals surface area contributed by atoms with E-state index in [1.54, 1.807) is 30.3 Å². The molecule has 0 aliphatic heterocycles. The number of carboxylic acids is 1. The lowest BCUT2D eigenvalue weighted by Crippen LogP contribution is -2.15. The van der Waals surface area contributed by atoms with Gasteiger partial charge >= 0.3 is 5.97 Å². The summed E-state index contributed by atoms with van der Waals surface area (Å²) in [7, 11) is -3.92. The zero-order valence-electron chi connectivity index (χ0n) is 8.90. The summed E-state index contributed by atoms with van der Waals surface area (Å²) in [6, 6.07) is 8.22. The fourth-order valence-corrected chi connectivity index (χ4v) is 3.48. The minimum Gasteiger partial charge on any atom is -0.476 e. The third kappa shape index (κ3) is 2.49. The van der Waals surface area contributed by atoms with Crippen LogP contribution in [0.4, 0.5) is 5.69 Å². The highest BCUT2D eigenvalue weighted by Gasteiger charge is 2.25. The van der Waals surface area contributed by atoms with E-state index in [4.69, 9.17) is 5.11 Å². The minimum atomic E-state index is -3.92. The van der Waals surface area contributed by atoms with Crippen LogP contribution in [0, 0.1) is 0 Å². The zero-order valence-corrected chi connectivity index (χ0v) is 10.5. The summed E-state index contributed by atoms with van der Waals surface area (Å²) < 4.78 is 26.0. The number of carboxylic acid groups (broad SMARTS) is 1. The number of hydrogen-bond acceptors (Lipinski definition) is 5. The number of sulfonamides is 1. The molecule has 1 aromatic heterocycles. The standard InChI is InChI=1S/C10H8N2O4S2/c13-9(14)8-10(17-6-11-8)18(15,16)12-7-4-2-1-3-5-7/h1-6,12H,(H,13,14). The molecule has 1 aromatic carbocycles. The van der Waals surface area contributed by atoms with E-state index >= 15 is 0 Å². The second-order valence-electron chi connectivity index (χ2n) is 3.27. The fraction of sp³-hybridized carbons (Fsp3) is 0. The van der Waals surface area contributed by atoms with Gasteiger partial charge in [-0.2, -0.15) is 0 Å². The summed E-state index contributed by atoms with van der Waals surface area (Å²) in [5.74, 6) is -1.37. The van der Waals surface area contributed by atoms with Gasteiger partial charge in [0.1, 0.15) is 0 Å². The van der Waals surface area contributed by atoms with Gasteiger partial charge in [0.05, 0.1) is 5.51 Å². The first-order chi connectivity index (χ1) is 8.50. The molecule has 0 unspecified atom stereocenters. The molecule has 6 nitrogen and oxygen atoms in total. The normalized spacial score (nSPS) is 11.1. The molecular formula is C10H8N2O4S2. The van der Waals surface area contributed by atoms with Gasteiger partial charge in [-0.25, -0.2) is 18.2 Å². The molecule has 0 spiro atoms. The number of nitrogens with zero attached hydrogens (tertiary/aromatic N) is 1. The molecule has 94 valence electrons. The van der Waals surface area contributed by atoms with Crippen LogP contribution >= 0.6 is 11.3 Å². The van der Waals surface area contributed by atoms with Crippen molar-refractivity contribution in [1.29, 1.82) is 0 Å². The van der Waals surface area contributed by atoms with E-state index in [1.807, 2.05) is 0 Å². The Balaban J connectivity index is 2.37. The molecule has 2 rings (SSSR count). The highest BCUT2D eigenvalue weighted by molar-refractivity contribution is 7.94. The smallest absolute Gasteiger partial charge is 0.356 e. The van der Waals surface area contributed by atoms with Crippen molar-refractivity contribution < 1.29 is 18.3 Å². The number of aromatic nitrogens is 1. The van der Waals surface area contributed by atoms with Crippen LogP contribution in [-0.2, 0) is 10.0 Å². The quantitative estimate of drug-likeness (QED) is 0.889. The summed E-state index contributed by atoms with van der Waals surface area (Å²) >= 11 is 0.762. The van der Waals surface area contributed by atoms with Crippen LogP contribution in [0.2, 0.25) is 0 Å². The maximum atomic E-state index is 12.0. The molecule has 2 N–H and O–H groups in total. The van der Waals surface area contributed by atoms with Crippen molar-refractivity contribution in [2.45, 2.75) is 4.21 Å². The van der Waals surface area contributed by atoms with Gasteiger partial charge in [-0.05, 0) is 12.1 Å². The van der Waals surface area contributed by atoms with Gasteiger partial charge in [0, 0.05) is 5.69 Å². The van der Waals surface area contributed by atoms with Crippen molar-refractivity contribution in [3.63, 3.8) is 0 Å². The Labute approximate surface area is 107 Å². The first-order valence-corrected chi connectivity index (χ1v) is 7.11. The number of aromatic carboxylic acids is 1. The van der Waals surface area contributed by atoms with Gasteiger partial charge in [-0.3, -0.25) is 4.72 Å². The monoisotopic (exact) mass is 284 g/mol. The van der Waals surface area contributed by atoms with Gasteiger partial charge in [0.25, 0.3) is 10.0 Å². The van der Waals surface area contributed by atoms with Crippen LogP contribution in [0.15, 0.2) is 40.1 Å². The number of para-hydroxylation sites is 1. The van der Waals surface area contributed by atoms with Crippen molar-refractivity contribution in [3.8, 4) is 0 Å². The van der Waals surface area contributed by atoms with Crippen molar-refractivity contribution in [3.05, 3.63) is 41.5 Å². The van der Waals surface area contributed by atoms with Crippen molar-refractivity contribution in [2.75, 3.05) is 4.72 Å². The zero-order chi connectivity index (χ0) is 13.2. The third-order valence-electron chi connectivity index (χ3n) is 2.01. The Hall–Kier alpha value is -1.93. The molecule has 0 fully saturated rings. The predicted molar refractivity (Wildman–Crippen MR) is 66.3 cm³/mol. The molecule has 0 saturated heterocycles. The summed E-state index contributed by atoms with van der Waals surface area (Å²) in [5.41, 5.74) is 1.08. The van der Waals surface area contributed by atoms with Crippen LogP contribution in [-0.4, -0.2) is 24.5 Å². The third-order valence-corrected chi connectivity index (χ3v) is 4.76. The maximum Gasteiger partial charge on any atom is 0.356 e. The summed E-state index contributed by atoms with van der Waals surface area (Å²) in [6.07, 6.45) is 0. The second-order valence-corrected chi connectivity index (χ2v) is 6.00. The van der Waals surface area contributed by atoms with Crippen LogP contribution in [0.25, 0.3) is 0 Å². The van der Waals surface area contributed by atoms with Crippen LogP contribution in [0.1, 0.15) is 10.5 Å². The number of hydrogen-bond donors (Lipinski definition) is 2. The van der Waals surface area contributed by atoms with E-state index in [2.05, 4.69) is 9.71 Å². The Morgan fingerprint density at radius 3 is 2.56 bits per heavy atom. The molecule has 0 saturated carbocycles. The first kappa shape index (κ1) is 12.5. The van der Waals surface area contributed by atoms with Gasteiger partial charge in [0.2, 0.25) is 0 Å². The molecule has 0 radical (unpaired) electrons. The summed E-state index contributed by atoms with van der Waals surface area (Å²) in [5, 5.41) is 8.84. The highest BCUT2D eigenvalue weighted by atomic mass is 32.2. The van der Waals surface area contributed by atoms with Crippen LogP contribution < -0.4 is 4.72 Å². The molecule has 0 amide bonds. The molecule has 18 heavy (non-hydrogen) atoms. The molecule has 0 atom stereocenters. The lowest BCUT2D eigenvalue weighted by molar-refractivity contribution is 0.0687. The summed E-state index contributed by atoms with van der Waals surface area (Å²) in [6.45, 7) is 0. The number of nitrogens with one attached hydrogen (secondary N) is 1. The number of anilines is 1. The number of thiazole rings is 1. The van der Waals surface area contributed by atoms with Crippen LogP contribution in [0.3, 0.4) is 0 Å². The van der Waals surface area contributed by atoms with Crippen molar-refractivity contribution in [1.82, 2.24) is 4.98 Å². The topological polar surface area (TPSA) is 96.4 Å². The van der Waals surface area contributed by atoms with E-state index in [-0.39, 0.29) is 4.21 Å². The molecule has 0 aliphatic rings. The second kappa shape index (κ2) is 4.75. The molecule has 0 bridgehead atoms. The minimum absolute atomic E-state index is 0.307. The van der Waals surface area contributed by atoms with E-state index < -0.39 is 21.7 Å². The van der Waals surface area contributed by atoms with Gasteiger partial charge in [-0.1, -0.05) is 18.2 Å². The molecule has 8 heteroatoms. The predicted octanol–water partition coefficient (Wildman–Crippen LogP) is 1.64. The van der Waals surface area contributed by atoms with Gasteiger partial charge in [-0.15, -0.1) is 11.3 Å². The van der Waals surface area contributed by atoms with E-state index in [0.717, 1.165) is 11.3 Å². The largest absolute Gasteiger partial charge is 0.476 e. The van der Waals surface area contributed by atoms with Crippen LogP contribution in [0.5, 0.6) is 0 Å². The fourth-order valence-electron chi connectivity index (χ4n) is 1.28. The Kier molecular flexibility index (Phi) is 3.30. The lowest BCUT2D eigenvalue weighted by atomic mass is 10.3. The van der Waals surface area contributed by atoms with Gasteiger partial charge < -0.3 is 5.11 Å². The SMILES string of the molecule is O=C(O)c1ncsc1S(=O)(=O)Nc1ccccc1. The Morgan fingerprint density at radius 2 is 1.94 bits per heavy atom. The van der Waals surface area contributed by atoms with Crippen molar-refractivity contribution in [2.24, 2.45) is 0 Å². The van der Waals surface area contributed by atoms with E-state index in [0.29, 0.717) is 5.69 Å². The maximum absolute atomic E-state index is 12.0. The molecule has 1 heterocycles. The first-order valence-electron chi connectivity index (χ1n) is 4.75. The van der Waals surface area contributed by atoms with E-state index in [1.165, 1.54) is 5.51 Å². The number of carbonyl (C=O) groups is 1. The number of rotatable bonds is 4. The Bertz CT molecular complexity index is 664. The number of benzene rings is 1. The molecular weight excluding hydrogens is 276 g/mol. The van der Waals surface area contributed by atoms with Gasteiger partial charge in [0.15, 0.2) is 9.90 Å². The highest BCUT2D eigenvalue weighted by Crippen LogP contribution is 2.22. The average molecular weight is 284 g/mol. The Morgan fingerprint density at radius 1 is 1.28 bits per heavy atom. The molecule has 0 aliphatic carbocycles. The summed E-state index contributed by atoms with van der Waals surface area (Å²) in [4.78, 5) is 14.4. The van der Waals surface area contributed by atoms with Crippen molar-refractivity contribution >= 4 is 33.0 Å².